The first kappa shape index (κ1) is 24.2. The number of amides is 2. The minimum Gasteiger partial charge on any atom is -0.480 e. The highest BCUT2D eigenvalue weighted by Gasteiger charge is 2.25. The lowest BCUT2D eigenvalue weighted by atomic mass is 10.2. The zero-order valence-corrected chi connectivity index (χ0v) is 20.3. The molecule has 2 aromatic heterocycles. The molecule has 3 rings (SSSR count). The number of carbonyl (C=O) groups excluding carboxylic acids is 2. The van der Waals surface area contributed by atoms with Crippen molar-refractivity contribution in [3.63, 3.8) is 0 Å². The minimum absolute atomic E-state index is 0.164. The first-order chi connectivity index (χ1) is 15.3. The maximum absolute atomic E-state index is 13.3. The molecule has 1 aromatic carbocycles. The number of likely N-dealkylation sites (N-methyl/N-ethyl adjacent to an activating group) is 1. The second kappa shape index (κ2) is 10.4. The van der Waals surface area contributed by atoms with Crippen molar-refractivity contribution in [2.24, 2.45) is 0 Å². The van der Waals surface area contributed by atoms with Crippen molar-refractivity contribution in [2.45, 2.75) is 20.5 Å². The second-order valence-electron chi connectivity index (χ2n) is 6.78. The van der Waals surface area contributed by atoms with E-state index in [0.29, 0.717) is 54.6 Å². The topological polar surface area (TPSA) is 93.7 Å². The number of para-hydroxylation sites is 1. The molecule has 0 fully saturated rings. The molecule has 0 radical (unpaired) electrons. The number of hydrogen-bond donors (Lipinski definition) is 1. The van der Waals surface area contributed by atoms with Crippen LogP contribution in [0.1, 0.15) is 28.0 Å². The van der Waals surface area contributed by atoms with Crippen molar-refractivity contribution in [1.29, 1.82) is 0 Å². The number of anilines is 1. The van der Waals surface area contributed by atoms with Gasteiger partial charge in [-0.2, -0.15) is 4.98 Å². The van der Waals surface area contributed by atoms with Crippen LogP contribution >= 0.6 is 34.5 Å². The number of ether oxygens (including phenoxy) is 2. The Morgan fingerprint density at radius 1 is 1.19 bits per heavy atom. The summed E-state index contributed by atoms with van der Waals surface area (Å²) in [6.45, 7) is 3.99. The molecule has 11 heteroatoms. The maximum Gasteiger partial charge on any atom is 0.264 e. The number of methoxy groups -OCH3 is 2. The van der Waals surface area contributed by atoms with Crippen LogP contribution in [0.15, 0.2) is 18.2 Å². The SMILES string of the molecule is CCN(CC(=O)Nc1c(Cl)cccc1Cl)C(=O)c1sc2nc(COC)nc(OC)c2c1C. The fraction of sp³-hybridized carbons (Fsp3) is 0.333. The first-order valence-electron chi connectivity index (χ1n) is 9.66. The number of hydrogen-bond acceptors (Lipinski definition) is 7. The van der Waals surface area contributed by atoms with E-state index in [-0.39, 0.29) is 19.1 Å². The van der Waals surface area contributed by atoms with E-state index in [0.717, 1.165) is 0 Å². The molecule has 0 saturated carbocycles. The Kier molecular flexibility index (Phi) is 7.89. The van der Waals surface area contributed by atoms with Crippen LogP contribution in [0.3, 0.4) is 0 Å². The van der Waals surface area contributed by atoms with E-state index in [1.165, 1.54) is 23.3 Å². The summed E-state index contributed by atoms with van der Waals surface area (Å²) in [4.78, 5) is 37.3. The van der Waals surface area contributed by atoms with Gasteiger partial charge < -0.3 is 19.7 Å². The van der Waals surface area contributed by atoms with Gasteiger partial charge in [0, 0.05) is 13.7 Å². The van der Waals surface area contributed by atoms with E-state index in [1.807, 2.05) is 6.92 Å². The van der Waals surface area contributed by atoms with Gasteiger partial charge in [0.25, 0.3) is 5.91 Å². The van der Waals surface area contributed by atoms with Crippen molar-refractivity contribution in [2.75, 3.05) is 32.6 Å². The molecule has 1 N–H and O–H groups in total. The minimum atomic E-state index is -0.409. The number of rotatable bonds is 8. The van der Waals surface area contributed by atoms with Crippen molar-refractivity contribution >= 4 is 62.3 Å². The number of fused-ring (bicyclic) bond motifs is 1. The number of benzene rings is 1. The van der Waals surface area contributed by atoms with Crippen molar-refractivity contribution in [3.8, 4) is 5.88 Å². The van der Waals surface area contributed by atoms with Crippen molar-refractivity contribution in [3.05, 3.63) is 44.5 Å². The molecule has 32 heavy (non-hydrogen) atoms. The van der Waals surface area contributed by atoms with E-state index in [2.05, 4.69) is 15.3 Å². The summed E-state index contributed by atoms with van der Waals surface area (Å²) < 4.78 is 10.5. The van der Waals surface area contributed by atoms with Gasteiger partial charge in [-0.25, -0.2) is 4.98 Å². The summed E-state index contributed by atoms with van der Waals surface area (Å²) in [6.07, 6.45) is 0. The number of carbonyl (C=O) groups is 2. The van der Waals surface area contributed by atoms with Crippen molar-refractivity contribution < 1.29 is 19.1 Å². The molecular weight excluding hydrogens is 475 g/mol. The highest BCUT2D eigenvalue weighted by molar-refractivity contribution is 7.20. The highest BCUT2D eigenvalue weighted by Crippen LogP contribution is 2.36. The Morgan fingerprint density at radius 3 is 2.47 bits per heavy atom. The van der Waals surface area contributed by atoms with Crippen LogP contribution in [0.2, 0.25) is 10.0 Å². The smallest absolute Gasteiger partial charge is 0.264 e. The largest absolute Gasteiger partial charge is 0.480 e. The molecule has 170 valence electrons. The molecule has 0 bridgehead atoms. The summed E-state index contributed by atoms with van der Waals surface area (Å²) >= 11 is 13.5. The molecule has 0 atom stereocenters. The Hall–Kier alpha value is -2.46. The first-order valence-corrected chi connectivity index (χ1v) is 11.2. The molecule has 3 aromatic rings. The fourth-order valence-electron chi connectivity index (χ4n) is 3.13. The maximum atomic E-state index is 13.3. The van der Waals surface area contributed by atoms with E-state index < -0.39 is 5.91 Å². The van der Waals surface area contributed by atoms with Gasteiger partial charge in [-0.3, -0.25) is 9.59 Å². The number of nitrogens with zero attached hydrogens (tertiary/aromatic N) is 3. The number of nitrogens with one attached hydrogen (secondary N) is 1. The fourth-order valence-corrected chi connectivity index (χ4v) is 4.78. The van der Waals surface area contributed by atoms with Gasteiger partial charge in [0.1, 0.15) is 18.0 Å². The average molecular weight is 497 g/mol. The average Bonchev–Trinajstić information content (AvgIpc) is 3.10. The van der Waals surface area contributed by atoms with Crippen LogP contribution in [0.25, 0.3) is 10.2 Å². The van der Waals surface area contributed by atoms with Crippen LogP contribution in [0.5, 0.6) is 5.88 Å². The molecule has 0 aliphatic carbocycles. The van der Waals surface area contributed by atoms with Gasteiger partial charge in [0.05, 0.1) is 33.1 Å². The lowest BCUT2D eigenvalue weighted by Gasteiger charge is -2.20. The Balaban J connectivity index is 1.87. The van der Waals surface area contributed by atoms with E-state index >= 15 is 0 Å². The number of aromatic nitrogens is 2. The zero-order chi connectivity index (χ0) is 23.4. The van der Waals surface area contributed by atoms with Gasteiger partial charge >= 0.3 is 0 Å². The Bertz CT molecular complexity index is 1150. The van der Waals surface area contributed by atoms with Crippen LogP contribution in [-0.2, 0) is 16.1 Å². The van der Waals surface area contributed by atoms with Crippen LogP contribution < -0.4 is 10.1 Å². The molecule has 0 saturated heterocycles. The highest BCUT2D eigenvalue weighted by atomic mass is 35.5. The second-order valence-corrected chi connectivity index (χ2v) is 8.60. The normalized spacial score (nSPS) is 10.9. The van der Waals surface area contributed by atoms with Crippen LogP contribution in [-0.4, -0.2) is 54.0 Å². The summed E-state index contributed by atoms with van der Waals surface area (Å²) in [6, 6.07) is 4.93. The van der Waals surface area contributed by atoms with Gasteiger partial charge in [-0.1, -0.05) is 29.3 Å². The molecule has 0 aliphatic heterocycles. The molecule has 0 aliphatic rings. The summed E-state index contributed by atoms with van der Waals surface area (Å²) in [7, 11) is 3.06. The summed E-state index contributed by atoms with van der Waals surface area (Å²) in [5.41, 5.74) is 1.01. The lowest BCUT2D eigenvalue weighted by Crippen LogP contribution is -2.37. The van der Waals surface area contributed by atoms with Gasteiger partial charge in [-0.05, 0) is 31.5 Å². The number of halogens is 2. The molecular formula is C21H22Cl2N4O4S. The third-order valence-electron chi connectivity index (χ3n) is 4.69. The molecule has 0 spiro atoms. The Labute approximate surface area is 199 Å². The molecule has 0 unspecified atom stereocenters. The number of aryl methyl sites for hydroxylation is 1. The Morgan fingerprint density at radius 2 is 1.88 bits per heavy atom. The standard InChI is InChI=1S/C21H22Cl2N4O4S/c1-5-27(9-15(28)26-17-12(22)7-6-8-13(17)23)21(29)18-11(2)16-19(31-4)24-14(10-30-3)25-20(16)32-18/h6-8H,5,9-10H2,1-4H3,(H,26,28). The van der Waals surface area contributed by atoms with Crippen LogP contribution in [0, 0.1) is 6.92 Å². The van der Waals surface area contributed by atoms with E-state index in [1.54, 1.807) is 32.2 Å². The third kappa shape index (κ3) is 4.96. The number of thiophene rings is 1. The molecule has 2 amide bonds. The predicted octanol–water partition coefficient (Wildman–Crippen LogP) is 4.56. The van der Waals surface area contributed by atoms with Crippen molar-refractivity contribution in [1.82, 2.24) is 14.9 Å². The van der Waals surface area contributed by atoms with Gasteiger partial charge in [0.15, 0.2) is 5.82 Å². The van der Waals surface area contributed by atoms with E-state index in [4.69, 9.17) is 32.7 Å². The third-order valence-corrected chi connectivity index (χ3v) is 6.50. The van der Waals surface area contributed by atoms with Gasteiger partial charge in [-0.15, -0.1) is 11.3 Å². The molecule has 2 heterocycles. The summed E-state index contributed by atoms with van der Waals surface area (Å²) in [5.74, 6) is 0.141. The summed E-state index contributed by atoms with van der Waals surface area (Å²) in [5, 5.41) is 3.99. The predicted molar refractivity (Wildman–Crippen MR) is 126 cm³/mol. The lowest BCUT2D eigenvalue weighted by molar-refractivity contribution is -0.116. The molecule has 8 nitrogen and oxygen atoms in total. The zero-order valence-electron chi connectivity index (χ0n) is 18.0. The quantitative estimate of drug-likeness (QED) is 0.491. The van der Waals surface area contributed by atoms with E-state index in [9.17, 15) is 9.59 Å². The van der Waals surface area contributed by atoms with Gasteiger partial charge in [0.2, 0.25) is 11.8 Å². The van der Waals surface area contributed by atoms with Crippen LogP contribution in [0.4, 0.5) is 5.69 Å². The monoisotopic (exact) mass is 496 g/mol.